The summed E-state index contributed by atoms with van der Waals surface area (Å²) < 4.78 is 6.23. The number of rotatable bonds is 6. The molecule has 0 aliphatic carbocycles. The number of amides is 2. The Morgan fingerprint density at radius 3 is 2.45 bits per heavy atom. The first-order chi connectivity index (χ1) is 19.2. The summed E-state index contributed by atoms with van der Waals surface area (Å²) in [5.41, 5.74) is 2.76. The Hall–Kier alpha value is -3.93. The number of aryl methyl sites for hydroxylation is 1. The minimum Gasteiger partial charge on any atom is -0.489 e. The van der Waals surface area contributed by atoms with Gasteiger partial charge in [-0.25, -0.2) is 4.90 Å². The third kappa shape index (κ3) is 4.59. The number of thioether (sulfide) groups is 1. The summed E-state index contributed by atoms with van der Waals surface area (Å²) >= 11 is 8.57. The molecule has 12 heteroatoms. The number of benzene rings is 3. The number of ether oxygens (including phenoxy) is 1. The van der Waals surface area contributed by atoms with E-state index in [0.717, 1.165) is 39.1 Å². The number of hydrogen-bond acceptors (Lipinski definition) is 8. The Bertz CT molecular complexity index is 1720. The second-order valence-corrected chi connectivity index (χ2v) is 12.1. The molecule has 1 fully saturated rings. The molecule has 2 aliphatic rings. The van der Waals surface area contributed by atoms with Gasteiger partial charge < -0.3 is 9.72 Å². The average Bonchev–Trinajstić information content (AvgIpc) is 3.43. The lowest BCUT2D eigenvalue weighted by Gasteiger charge is -2.31. The number of thiazole rings is 1. The fourth-order valence-corrected chi connectivity index (χ4v) is 7.76. The fraction of sp³-hybridized carbons (Fsp3) is 0.179. The highest BCUT2D eigenvalue weighted by Gasteiger charge is 2.56. The van der Waals surface area contributed by atoms with E-state index in [4.69, 9.17) is 16.3 Å². The second-order valence-electron chi connectivity index (χ2n) is 9.49. The number of carbonyl (C=O) groups is 2. The van der Waals surface area contributed by atoms with E-state index >= 15 is 0 Å². The molecule has 3 atom stereocenters. The predicted octanol–water partition coefficient (Wildman–Crippen LogP) is 5.68. The fourth-order valence-electron chi connectivity index (χ4n) is 5.07. The van der Waals surface area contributed by atoms with Crippen LogP contribution in [0.15, 0.2) is 76.6 Å². The average molecular weight is 594 g/mol. The number of hydrogen-bond donors (Lipinski definition) is 1. The van der Waals surface area contributed by atoms with Crippen molar-refractivity contribution >= 4 is 57.9 Å². The molecule has 9 nitrogen and oxygen atoms in total. The molecule has 1 N–H and O–H groups in total. The minimum atomic E-state index is -0.855. The largest absolute Gasteiger partial charge is 0.489 e. The van der Waals surface area contributed by atoms with Crippen molar-refractivity contribution in [3.63, 3.8) is 0 Å². The lowest BCUT2D eigenvalue weighted by Crippen LogP contribution is -2.32. The Balaban J connectivity index is 1.42. The van der Waals surface area contributed by atoms with Crippen LogP contribution in [-0.2, 0) is 16.2 Å². The van der Waals surface area contributed by atoms with Crippen molar-refractivity contribution in [3.05, 3.63) is 113 Å². The normalized spacial score (nSPS) is 19.9. The molecule has 1 saturated heterocycles. The molecule has 0 radical (unpaired) electrons. The lowest BCUT2D eigenvalue weighted by molar-refractivity contribution is -0.384. The van der Waals surface area contributed by atoms with Gasteiger partial charge in [-0.1, -0.05) is 64.5 Å². The van der Waals surface area contributed by atoms with E-state index < -0.39 is 33.8 Å². The van der Waals surface area contributed by atoms with E-state index in [1.165, 1.54) is 24.3 Å². The van der Waals surface area contributed by atoms with Crippen LogP contribution >= 0.6 is 34.7 Å². The van der Waals surface area contributed by atoms with Gasteiger partial charge in [-0.15, -0.1) is 0 Å². The van der Waals surface area contributed by atoms with Crippen LogP contribution in [0.4, 0.5) is 11.4 Å². The maximum absolute atomic E-state index is 14.0. The number of fused-ring (bicyclic) bond motifs is 2. The van der Waals surface area contributed by atoms with Crippen LogP contribution in [-0.4, -0.2) is 27.0 Å². The molecule has 3 heterocycles. The SMILES string of the molecule is Cc1ccc(COc2ccc(Cl)cc2[C@@H]2c3sc(=O)[nH]c3S[C@H]3C(=O)N(c4ccc([N+](=O)[O-])cc4)C(=O)[C@@H]23)cc1. The Labute approximate surface area is 240 Å². The number of H-pyrrole nitrogens is 1. The van der Waals surface area contributed by atoms with Crippen molar-refractivity contribution in [2.24, 2.45) is 5.92 Å². The first-order valence-electron chi connectivity index (χ1n) is 12.2. The molecule has 4 aromatic rings. The molecule has 40 heavy (non-hydrogen) atoms. The molecule has 2 aliphatic heterocycles. The highest BCUT2D eigenvalue weighted by Crippen LogP contribution is 2.54. The van der Waals surface area contributed by atoms with Gasteiger partial charge in [0.1, 0.15) is 17.6 Å². The summed E-state index contributed by atoms with van der Waals surface area (Å²) in [5, 5.41) is 11.2. The van der Waals surface area contributed by atoms with E-state index in [1.54, 1.807) is 18.2 Å². The number of halogens is 1. The highest BCUT2D eigenvalue weighted by atomic mass is 35.5. The van der Waals surface area contributed by atoms with Crippen molar-refractivity contribution in [3.8, 4) is 5.75 Å². The number of nitro groups is 1. The molecule has 0 saturated carbocycles. The van der Waals surface area contributed by atoms with E-state index in [0.29, 0.717) is 26.2 Å². The number of anilines is 1. The van der Waals surface area contributed by atoms with Crippen molar-refractivity contribution in [2.75, 3.05) is 4.90 Å². The number of nitrogens with one attached hydrogen (secondary N) is 1. The summed E-state index contributed by atoms with van der Waals surface area (Å²) in [4.78, 5) is 54.9. The van der Waals surface area contributed by atoms with Crippen molar-refractivity contribution < 1.29 is 19.2 Å². The van der Waals surface area contributed by atoms with Crippen molar-refractivity contribution in [2.45, 2.75) is 29.7 Å². The first-order valence-corrected chi connectivity index (χ1v) is 14.3. The standard InChI is InChI=1S/C28H20ClN3O6S2/c1-14-2-4-15(5-3-14)13-38-20-11-6-16(29)12-19(20)21-22-24(39-25-23(21)40-28(35)30-25)27(34)31(26(22)33)17-7-9-18(10-8-17)32(36)37/h2-12,21-22,24H,13H2,1H3,(H,30,35)/t21-,22-,24+/m0/s1. The lowest BCUT2D eigenvalue weighted by atomic mass is 9.82. The Morgan fingerprint density at radius 1 is 1.02 bits per heavy atom. The molecule has 6 rings (SSSR count). The van der Waals surface area contributed by atoms with E-state index in [1.807, 2.05) is 31.2 Å². The van der Waals surface area contributed by atoms with Crippen LogP contribution in [0.25, 0.3) is 0 Å². The van der Waals surface area contributed by atoms with Crippen LogP contribution in [0, 0.1) is 23.0 Å². The number of nitro benzene ring substituents is 1. The van der Waals surface area contributed by atoms with Crippen molar-refractivity contribution in [1.29, 1.82) is 0 Å². The van der Waals surface area contributed by atoms with Crippen LogP contribution in [0.2, 0.25) is 5.02 Å². The summed E-state index contributed by atoms with van der Waals surface area (Å²) in [5.74, 6) is -1.97. The zero-order valence-electron chi connectivity index (χ0n) is 20.8. The van der Waals surface area contributed by atoms with Gasteiger partial charge in [0.2, 0.25) is 11.8 Å². The van der Waals surface area contributed by atoms with Gasteiger partial charge in [-0.05, 0) is 42.8 Å². The Kier molecular flexibility index (Phi) is 6.73. The van der Waals surface area contributed by atoms with Gasteiger partial charge in [0.15, 0.2) is 0 Å². The summed E-state index contributed by atoms with van der Waals surface area (Å²) in [7, 11) is 0. The van der Waals surface area contributed by atoms with E-state index in [9.17, 15) is 24.5 Å². The molecular weight excluding hydrogens is 574 g/mol. The van der Waals surface area contributed by atoms with E-state index in [-0.39, 0.29) is 22.9 Å². The predicted molar refractivity (Wildman–Crippen MR) is 152 cm³/mol. The van der Waals surface area contributed by atoms with Gasteiger partial charge in [0, 0.05) is 33.5 Å². The highest BCUT2D eigenvalue weighted by molar-refractivity contribution is 8.00. The number of aromatic nitrogens is 1. The molecule has 3 aromatic carbocycles. The second kappa shape index (κ2) is 10.2. The van der Waals surface area contributed by atoms with Crippen LogP contribution in [0.5, 0.6) is 5.75 Å². The Morgan fingerprint density at radius 2 is 1.75 bits per heavy atom. The number of imide groups is 1. The van der Waals surface area contributed by atoms with Gasteiger partial charge in [-0.3, -0.25) is 24.5 Å². The van der Waals surface area contributed by atoms with Gasteiger partial charge in [0.25, 0.3) is 5.69 Å². The number of nitrogens with zero attached hydrogens (tertiary/aromatic N) is 2. The molecule has 0 spiro atoms. The zero-order chi connectivity index (χ0) is 28.1. The third-order valence-electron chi connectivity index (χ3n) is 6.96. The van der Waals surface area contributed by atoms with Crippen LogP contribution in [0.1, 0.15) is 27.5 Å². The van der Waals surface area contributed by atoms with Crippen molar-refractivity contribution in [1.82, 2.24) is 4.98 Å². The number of aromatic amines is 1. The zero-order valence-corrected chi connectivity index (χ0v) is 23.2. The topological polar surface area (TPSA) is 123 Å². The molecule has 202 valence electrons. The molecule has 0 unspecified atom stereocenters. The molecular formula is C28H20ClN3O6S2. The molecule has 1 aromatic heterocycles. The monoisotopic (exact) mass is 593 g/mol. The van der Waals surface area contributed by atoms with Gasteiger partial charge in [-0.2, -0.15) is 0 Å². The molecule has 2 amide bonds. The smallest absolute Gasteiger partial charge is 0.305 e. The van der Waals surface area contributed by atoms with Gasteiger partial charge >= 0.3 is 4.87 Å². The third-order valence-corrected chi connectivity index (χ3v) is 9.60. The number of carbonyl (C=O) groups excluding carboxylic acids is 2. The first kappa shape index (κ1) is 26.3. The maximum Gasteiger partial charge on any atom is 0.305 e. The van der Waals surface area contributed by atoms with Crippen LogP contribution < -0.4 is 14.5 Å². The summed E-state index contributed by atoms with van der Waals surface area (Å²) in [6.07, 6.45) is 0. The summed E-state index contributed by atoms with van der Waals surface area (Å²) in [6.45, 7) is 2.27. The number of non-ortho nitro benzene ring substituents is 1. The molecule has 0 bridgehead atoms. The van der Waals surface area contributed by atoms with Crippen LogP contribution in [0.3, 0.4) is 0 Å². The van der Waals surface area contributed by atoms with Gasteiger partial charge in [0.05, 0.1) is 21.6 Å². The minimum absolute atomic E-state index is 0.151. The summed E-state index contributed by atoms with van der Waals surface area (Å²) in [6, 6.07) is 18.3. The quantitative estimate of drug-likeness (QED) is 0.173. The van der Waals surface area contributed by atoms with E-state index in [2.05, 4.69) is 4.98 Å². The maximum atomic E-state index is 14.0.